The van der Waals surface area contributed by atoms with E-state index < -0.39 is 0 Å². The van der Waals surface area contributed by atoms with E-state index in [4.69, 9.17) is 12.2 Å². The smallest absolute Gasteiger partial charge is 0.214 e. The number of aromatic nitrogens is 4. The van der Waals surface area contributed by atoms with Gasteiger partial charge in [-0.15, -0.1) is 0 Å². The quantitative estimate of drug-likeness (QED) is 0.769. The van der Waals surface area contributed by atoms with Gasteiger partial charge in [0.25, 0.3) is 0 Å². The van der Waals surface area contributed by atoms with E-state index in [1.807, 2.05) is 25.1 Å². The fourth-order valence-electron chi connectivity index (χ4n) is 1.22. The highest BCUT2D eigenvalue weighted by Gasteiger charge is 1.99. The number of aryl methyl sites for hydroxylation is 1. The molecule has 0 aliphatic heterocycles. The molecular formula is C9H11N5S. The van der Waals surface area contributed by atoms with Gasteiger partial charge in [0.05, 0.1) is 12.2 Å². The molecule has 0 aliphatic carbocycles. The van der Waals surface area contributed by atoms with Crippen LogP contribution in [0, 0.1) is 11.7 Å². The maximum Gasteiger partial charge on any atom is 0.214 e. The molecule has 2 heterocycles. The Balaban J connectivity index is 2.09. The molecule has 0 unspecified atom stereocenters. The van der Waals surface area contributed by atoms with Gasteiger partial charge in [-0.3, -0.25) is 10.1 Å². The molecule has 0 aliphatic rings. The maximum atomic E-state index is 5.05. The lowest BCUT2D eigenvalue weighted by molar-refractivity contribution is 0.782. The molecule has 2 N–H and O–H groups in total. The van der Waals surface area contributed by atoms with E-state index in [0.717, 1.165) is 11.5 Å². The minimum atomic E-state index is 0.559. The molecule has 0 saturated heterocycles. The van der Waals surface area contributed by atoms with Crippen LogP contribution >= 0.6 is 12.2 Å². The SMILES string of the molecule is Cc1n[nH]c(=S)n1NCc1ccccn1. The van der Waals surface area contributed by atoms with Gasteiger partial charge in [-0.25, -0.2) is 4.68 Å². The third kappa shape index (κ3) is 2.21. The van der Waals surface area contributed by atoms with Crippen LogP contribution in [0.25, 0.3) is 0 Å². The first-order chi connectivity index (χ1) is 7.27. The first-order valence-corrected chi connectivity index (χ1v) is 4.96. The zero-order valence-electron chi connectivity index (χ0n) is 8.27. The summed E-state index contributed by atoms with van der Waals surface area (Å²) in [6, 6.07) is 5.79. The van der Waals surface area contributed by atoms with Crippen LogP contribution in [0.1, 0.15) is 11.5 Å². The first-order valence-electron chi connectivity index (χ1n) is 4.55. The summed E-state index contributed by atoms with van der Waals surface area (Å²) < 4.78 is 2.28. The van der Waals surface area contributed by atoms with E-state index in [-0.39, 0.29) is 0 Å². The van der Waals surface area contributed by atoms with Crippen LogP contribution in [0.5, 0.6) is 0 Å². The Morgan fingerprint density at radius 1 is 1.53 bits per heavy atom. The minimum Gasteiger partial charge on any atom is -0.316 e. The summed E-state index contributed by atoms with van der Waals surface area (Å²) in [5, 5.41) is 6.70. The van der Waals surface area contributed by atoms with E-state index >= 15 is 0 Å². The van der Waals surface area contributed by atoms with E-state index in [1.165, 1.54) is 0 Å². The fraction of sp³-hybridized carbons (Fsp3) is 0.222. The van der Waals surface area contributed by atoms with Gasteiger partial charge in [0, 0.05) is 6.20 Å². The molecule has 15 heavy (non-hydrogen) atoms. The Morgan fingerprint density at radius 3 is 3.00 bits per heavy atom. The lowest BCUT2D eigenvalue weighted by atomic mass is 10.4. The number of H-pyrrole nitrogens is 1. The van der Waals surface area contributed by atoms with Crippen molar-refractivity contribution in [1.82, 2.24) is 19.9 Å². The molecule has 0 fully saturated rings. The van der Waals surface area contributed by atoms with Gasteiger partial charge < -0.3 is 5.43 Å². The van der Waals surface area contributed by atoms with Gasteiger partial charge in [-0.05, 0) is 31.3 Å². The van der Waals surface area contributed by atoms with E-state index in [1.54, 1.807) is 10.9 Å². The van der Waals surface area contributed by atoms with Crippen molar-refractivity contribution in [3.05, 3.63) is 40.7 Å². The predicted molar refractivity (Wildman–Crippen MR) is 59.5 cm³/mol. The highest BCUT2D eigenvalue weighted by molar-refractivity contribution is 7.71. The highest BCUT2D eigenvalue weighted by atomic mass is 32.1. The van der Waals surface area contributed by atoms with Crippen LogP contribution in [0.2, 0.25) is 0 Å². The average Bonchev–Trinajstić information content (AvgIpc) is 2.58. The number of nitrogens with one attached hydrogen (secondary N) is 2. The fourth-order valence-corrected chi connectivity index (χ4v) is 1.47. The van der Waals surface area contributed by atoms with Crippen LogP contribution in [0.15, 0.2) is 24.4 Å². The zero-order valence-corrected chi connectivity index (χ0v) is 9.08. The topological polar surface area (TPSA) is 58.5 Å². The second kappa shape index (κ2) is 4.22. The largest absolute Gasteiger partial charge is 0.316 e. The van der Waals surface area contributed by atoms with Crippen molar-refractivity contribution in [3.63, 3.8) is 0 Å². The Hall–Kier alpha value is -1.69. The Morgan fingerprint density at radius 2 is 2.40 bits per heavy atom. The molecule has 0 amide bonds. The van der Waals surface area contributed by atoms with Crippen molar-refractivity contribution >= 4 is 12.2 Å². The Kier molecular flexibility index (Phi) is 2.77. The monoisotopic (exact) mass is 221 g/mol. The number of aromatic amines is 1. The second-order valence-electron chi connectivity index (χ2n) is 3.07. The highest BCUT2D eigenvalue weighted by Crippen LogP contribution is 1.96. The molecule has 0 aromatic carbocycles. The van der Waals surface area contributed by atoms with Crippen LogP contribution in [-0.4, -0.2) is 19.9 Å². The summed E-state index contributed by atoms with van der Waals surface area (Å²) in [7, 11) is 0. The Bertz CT molecular complexity index is 487. The lowest BCUT2D eigenvalue weighted by Gasteiger charge is -2.06. The normalized spacial score (nSPS) is 10.2. The summed E-state index contributed by atoms with van der Waals surface area (Å²) in [6.07, 6.45) is 1.76. The number of hydrogen-bond donors (Lipinski definition) is 2. The van der Waals surface area contributed by atoms with Crippen LogP contribution in [-0.2, 0) is 6.54 Å². The summed E-state index contributed by atoms with van der Waals surface area (Å²) in [5.41, 5.74) is 4.09. The van der Waals surface area contributed by atoms with Crippen LogP contribution < -0.4 is 5.43 Å². The van der Waals surface area contributed by atoms with E-state index in [2.05, 4.69) is 20.6 Å². The van der Waals surface area contributed by atoms with Gasteiger partial charge in [0.15, 0.2) is 0 Å². The molecule has 2 aromatic heterocycles. The Labute approximate surface area is 92.1 Å². The maximum absolute atomic E-state index is 5.05. The lowest BCUT2D eigenvalue weighted by Crippen LogP contribution is -2.16. The van der Waals surface area contributed by atoms with Gasteiger partial charge in [0.2, 0.25) is 4.77 Å². The molecule has 0 radical (unpaired) electrons. The zero-order chi connectivity index (χ0) is 10.7. The average molecular weight is 221 g/mol. The molecule has 78 valence electrons. The summed E-state index contributed by atoms with van der Waals surface area (Å²) in [5.74, 6) is 0.802. The number of nitrogens with zero attached hydrogens (tertiary/aromatic N) is 3. The first kappa shape index (κ1) is 9.85. The molecule has 0 atom stereocenters. The van der Waals surface area contributed by atoms with Gasteiger partial charge in [-0.1, -0.05) is 6.07 Å². The molecule has 0 bridgehead atoms. The van der Waals surface area contributed by atoms with Crippen molar-refractivity contribution < 1.29 is 0 Å². The van der Waals surface area contributed by atoms with Gasteiger partial charge in [-0.2, -0.15) is 5.10 Å². The summed E-state index contributed by atoms with van der Waals surface area (Å²) in [6.45, 7) is 2.49. The van der Waals surface area contributed by atoms with Crippen molar-refractivity contribution in [2.45, 2.75) is 13.5 Å². The molecule has 2 aromatic rings. The van der Waals surface area contributed by atoms with Crippen molar-refractivity contribution in [2.24, 2.45) is 0 Å². The van der Waals surface area contributed by atoms with Crippen molar-refractivity contribution in [3.8, 4) is 0 Å². The number of hydrogen-bond acceptors (Lipinski definition) is 4. The van der Waals surface area contributed by atoms with Crippen LogP contribution in [0.4, 0.5) is 0 Å². The van der Waals surface area contributed by atoms with Gasteiger partial charge in [0.1, 0.15) is 5.82 Å². The van der Waals surface area contributed by atoms with Crippen molar-refractivity contribution in [1.29, 1.82) is 0 Å². The summed E-state index contributed by atoms with van der Waals surface area (Å²) in [4.78, 5) is 4.20. The third-order valence-electron chi connectivity index (χ3n) is 1.98. The number of rotatable bonds is 3. The number of pyridine rings is 1. The summed E-state index contributed by atoms with van der Waals surface area (Å²) >= 11 is 5.05. The van der Waals surface area contributed by atoms with Crippen LogP contribution in [0.3, 0.4) is 0 Å². The minimum absolute atomic E-state index is 0.559. The third-order valence-corrected chi connectivity index (χ3v) is 2.26. The molecule has 5 nitrogen and oxygen atoms in total. The van der Waals surface area contributed by atoms with E-state index in [9.17, 15) is 0 Å². The molecule has 0 saturated carbocycles. The predicted octanol–water partition coefficient (Wildman–Crippen LogP) is 1.39. The molecule has 6 heteroatoms. The molecule has 0 spiro atoms. The van der Waals surface area contributed by atoms with Gasteiger partial charge >= 0.3 is 0 Å². The molecule has 2 rings (SSSR count). The molecular weight excluding hydrogens is 210 g/mol. The van der Waals surface area contributed by atoms with E-state index in [0.29, 0.717) is 11.3 Å². The van der Waals surface area contributed by atoms with Crippen molar-refractivity contribution in [2.75, 3.05) is 5.43 Å². The standard InChI is InChI=1S/C9H11N5S/c1-7-12-13-9(15)14(7)11-6-8-4-2-3-5-10-8/h2-5,11H,6H2,1H3,(H,13,15). The second-order valence-corrected chi connectivity index (χ2v) is 3.45.